The highest BCUT2D eigenvalue weighted by molar-refractivity contribution is 9.10. The fraction of sp³-hybridized carbons (Fsp3) is 0.235. The van der Waals surface area contributed by atoms with E-state index in [2.05, 4.69) is 21.2 Å². The second-order valence-corrected chi connectivity index (χ2v) is 8.73. The molecule has 0 fully saturated rings. The Morgan fingerprint density at radius 1 is 1.20 bits per heavy atom. The van der Waals surface area contributed by atoms with Crippen LogP contribution in [0.1, 0.15) is 5.56 Å². The number of carbonyl (C=O) groups is 1. The lowest BCUT2D eigenvalue weighted by Gasteiger charge is -2.22. The zero-order chi connectivity index (χ0) is 18.4. The molecule has 2 aromatic rings. The van der Waals surface area contributed by atoms with Crippen molar-refractivity contribution in [2.45, 2.75) is 6.42 Å². The molecule has 0 aliphatic rings. The molecule has 1 N–H and O–H groups in total. The molecule has 134 valence electrons. The molecular formula is C17H18BrClN2O3S. The summed E-state index contributed by atoms with van der Waals surface area (Å²) in [5, 5.41) is 3.40. The Bertz CT molecular complexity index is 841. The Kier molecular flexibility index (Phi) is 6.87. The molecule has 0 aliphatic carbocycles. The van der Waals surface area contributed by atoms with E-state index in [-0.39, 0.29) is 12.5 Å². The number of hydrogen-bond donors (Lipinski definition) is 1. The summed E-state index contributed by atoms with van der Waals surface area (Å²) in [6, 6.07) is 14.2. The number of sulfonamides is 1. The predicted octanol–water partition coefficient (Wildman–Crippen LogP) is 3.23. The van der Waals surface area contributed by atoms with E-state index < -0.39 is 10.0 Å². The first-order valence-corrected chi connectivity index (χ1v) is 10.5. The lowest BCUT2D eigenvalue weighted by molar-refractivity contribution is -0.119. The van der Waals surface area contributed by atoms with E-state index in [9.17, 15) is 13.2 Å². The van der Waals surface area contributed by atoms with Crippen LogP contribution in [0.4, 0.5) is 5.69 Å². The Hall–Kier alpha value is -1.57. The van der Waals surface area contributed by atoms with Gasteiger partial charge in [-0.2, -0.15) is 0 Å². The first kappa shape index (κ1) is 19.8. The summed E-state index contributed by atoms with van der Waals surface area (Å²) in [5.41, 5.74) is 1.47. The van der Waals surface area contributed by atoms with Gasteiger partial charge < -0.3 is 5.32 Å². The van der Waals surface area contributed by atoms with Gasteiger partial charge in [0.2, 0.25) is 15.9 Å². The maximum atomic E-state index is 12.2. The first-order valence-electron chi connectivity index (χ1n) is 7.50. The predicted molar refractivity (Wildman–Crippen MR) is 104 cm³/mol. The highest BCUT2D eigenvalue weighted by Gasteiger charge is 2.20. The van der Waals surface area contributed by atoms with Crippen molar-refractivity contribution in [2.75, 3.05) is 23.7 Å². The number of amides is 1. The molecule has 8 heteroatoms. The van der Waals surface area contributed by atoms with Crippen LogP contribution in [0.25, 0.3) is 0 Å². The van der Waals surface area contributed by atoms with Crippen molar-refractivity contribution >= 4 is 49.1 Å². The Morgan fingerprint density at radius 2 is 1.88 bits per heavy atom. The van der Waals surface area contributed by atoms with E-state index in [1.807, 2.05) is 12.1 Å². The van der Waals surface area contributed by atoms with Crippen molar-refractivity contribution in [2.24, 2.45) is 0 Å². The van der Waals surface area contributed by atoms with E-state index in [0.717, 1.165) is 20.6 Å². The minimum absolute atomic E-state index is 0.268. The fourth-order valence-electron chi connectivity index (χ4n) is 2.21. The summed E-state index contributed by atoms with van der Waals surface area (Å²) in [6.45, 7) is 0.145. The van der Waals surface area contributed by atoms with Crippen LogP contribution in [0.2, 0.25) is 5.02 Å². The molecule has 0 saturated heterocycles. The van der Waals surface area contributed by atoms with Crippen LogP contribution in [0.3, 0.4) is 0 Å². The molecule has 0 aliphatic heterocycles. The Morgan fingerprint density at radius 3 is 2.48 bits per heavy atom. The van der Waals surface area contributed by atoms with Gasteiger partial charge in [0.15, 0.2) is 0 Å². The molecule has 5 nitrogen and oxygen atoms in total. The molecule has 0 heterocycles. The first-order chi connectivity index (χ1) is 11.8. The molecule has 0 bridgehead atoms. The van der Waals surface area contributed by atoms with E-state index in [1.165, 1.54) is 0 Å². The van der Waals surface area contributed by atoms with Crippen molar-refractivity contribution < 1.29 is 13.2 Å². The van der Waals surface area contributed by atoms with Gasteiger partial charge in [-0.15, -0.1) is 0 Å². The summed E-state index contributed by atoms with van der Waals surface area (Å²) in [7, 11) is -3.57. The highest BCUT2D eigenvalue weighted by Crippen LogP contribution is 2.21. The maximum absolute atomic E-state index is 12.2. The van der Waals surface area contributed by atoms with Crippen LogP contribution in [-0.2, 0) is 21.2 Å². The average Bonchev–Trinajstić information content (AvgIpc) is 2.53. The van der Waals surface area contributed by atoms with E-state index in [1.54, 1.807) is 36.4 Å². The maximum Gasteiger partial charge on any atom is 0.240 e. The number of rotatable bonds is 7. The van der Waals surface area contributed by atoms with Crippen LogP contribution in [0, 0.1) is 0 Å². The number of anilines is 1. The van der Waals surface area contributed by atoms with Gasteiger partial charge in [-0.05, 0) is 42.3 Å². The van der Waals surface area contributed by atoms with E-state index in [4.69, 9.17) is 11.6 Å². The topological polar surface area (TPSA) is 66.5 Å². The van der Waals surface area contributed by atoms with Crippen LogP contribution in [-0.4, -0.2) is 33.7 Å². The van der Waals surface area contributed by atoms with E-state index in [0.29, 0.717) is 23.7 Å². The Balaban J connectivity index is 1.97. The molecule has 0 aromatic heterocycles. The summed E-state index contributed by atoms with van der Waals surface area (Å²) >= 11 is 9.13. The number of nitrogens with zero attached hydrogens (tertiary/aromatic N) is 1. The lowest BCUT2D eigenvalue weighted by atomic mass is 10.1. The summed E-state index contributed by atoms with van der Waals surface area (Å²) in [6.07, 6.45) is 1.72. The van der Waals surface area contributed by atoms with Crippen molar-refractivity contribution in [1.82, 2.24) is 5.32 Å². The van der Waals surface area contributed by atoms with Gasteiger partial charge in [0.05, 0.1) is 11.9 Å². The van der Waals surface area contributed by atoms with Crippen molar-refractivity contribution in [3.63, 3.8) is 0 Å². The Labute approximate surface area is 161 Å². The van der Waals surface area contributed by atoms with Gasteiger partial charge >= 0.3 is 0 Å². The molecule has 0 radical (unpaired) electrons. The zero-order valence-corrected chi connectivity index (χ0v) is 16.7. The van der Waals surface area contributed by atoms with Crippen molar-refractivity contribution in [3.8, 4) is 0 Å². The van der Waals surface area contributed by atoms with Crippen LogP contribution < -0.4 is 9.62 Å². The molecule has 0 saturated carbocycles. The molecule has 0 atom stereocenters. The van der Waals surface area contributed by atoms with Gasteiger partial charge in [0.25, 0.3) is 0 Å². The minimum atomic E-state index is -3.57. The summed E-state index contributed by atoms with van der Waals surface area (Å²) in [5.74, 6) is -0.362. The lowest BCUT2D eigenvalue weighted by Crippen LogP contribution is -2.40. The van der Waals surface area contributed by atoms with E-state index >= 15 is 0 Å². The van der Waals surface area contributed by atoms with Gasteiger partial charge in [0, 0.05) is 16.0 Å². The number of halogens is 2. The smallest absolute Gasteiger partial charge is 0.240 e. The largest absolute Gasteiger partial charge is 0.354 e. The summed E-state index contributed by atoms with van der Waals surface area (Å²) in [4.78, 5) is 12.2. The SMILES string of the molecule is CS(=O)(=O)N(CC(=O)NCCc1ccc(Cl)cc1)c1cccc(Br)c1. The van der Waals surface area contributed by atoms with Gasteiger partial charge in [-0.1, -0.05) is 45.7 Å². The van der Waals surface area contributed by atoms with Gasteiger partial charge in [-0.25, -0.2) is 8.42 Å². The standard InChI is InChI=1S/C17H18BrClN2O3S/c1-25(23,24)21(16-4-2-3-14(18)11-16)12-17(22)20-10-9-13-5-7-15(19)8-6-13/h2-8,11H,9-10,12H2,1H3,(H,20,22). The van der Waals surface area contributed by atoms with Crippen LogP contribution >= 0.6 is 27.5 Å². The minimum Gasteiger partial charge on any atom is -0.354 e. The third-order valence-corrected chi connectivity index (χ3v) is 5.32. The number of hydrogen-bond acceptors (Lipinski definition) is 3. The monoisotopic (exact) mass is 444 g/mol. The molecular weight excluding hydrogens is 428 g/mol. The van der Waals surface area contributed by atoms with Crippen LogP contribution in [0.5, 0.6) is 0 Å². The highest BCUT2D eigenvalue weighted by atomic mass is 79.9. The molecule has 0 spiro atoms. The van der Waals surface area contributed by atoms with Crippen LogP contribution in [0.15, 0.2) is 53.0 Å². The molecule has 2 aromatic carbocycles. The third-order valence-electron chi connectivity index (χ3n) is 3.43. The average molecular weight is 446 g/mol. The summed E-state index contributed by atoms with van der Waals surface area (Å²) < 4.78 is 25.9. The number of benzene rings is 2. The molecule has 25 heavy (non-hydrogen) atoms. The third kappa shape index (κ3) is 6.34. The van der Waals surface area contributed by atoms with Gasteiger partial charge in [-0.3, -0.25) is 9.10 Å². The molecule has 0 unspecified atom stereocenters. The molecule has 2 rings (SSSR count). The molecule has 1 amide bonds. The van der Waals surface area contributed by atoms with Crippen molar-refractivity contribution in [1.29, 1.82) is 0 Å². The van der Waals surface area contributed by atoms with Crippen molar-refractivity contribution in [3.05, 3.63) is 63.6 Å². The quantitative estimate of drug-likeness (QED) is 0.711. The second-order valence-electron chi connectivity index (χ2n) is 5.48. The fourth-order valence-corrected chi connectivity index (χ4v) is 3.58. The normalized spacial score (nSPS) is 11.2. The van der Waals surface area contributed by atoms with Gasteiger partial charge in [0.1, 0.15) is 6.54 Å². The number of carbonyl (C=O) groups excluding carboxylic acids is 1. The second kappa shape index (κ2) is 8.69. The zero-order valence-electron chi connectivity index (χ0n) is 13.6. The number of nitrogens with one attached hydrogen (secondary N) is 1.